The SMILES string of the molecule is CSCc1nn(-c2ccccc2C(C)C)c2c1CCN2. The van der Waals surface area contributed by atoms with Crippen LogP contribution in [-0.4, -0.2) is 22.6 Å². The van der Waals surface area contributed by atoms with Crippen LogP contribution in [0, 0.1) is 0 Å². The van der Waals surface area contributed by atoms with E-state index in [-0.39, 0.29) is 0 Å². The molecular weight excluding hydrogens is 266 g/mol. The summed E-state index contributed by atoms with van der Waals surface area (Å²) in [7, 11) is 0. The van der Waals surface area contributed by atoms with Crippen molar-refractivity contribution in [3.8, 4) is 5.69 Å². The first kappa shape index (κ1) is 13.6. The van der Waals surface area contributed by atoms with Crippen LogP contribution in [0.1, 0.15) is 36.6 Å². The van der Waals surface area contributed by atoms with E-state index < -0.39 is 0 Å². The molecule has 2 aromatic rings. The van der Waals surface area contributed by atoms with E-state index in [1.54, 1.807) is 0 Å². The van der Waals surface area contributed by atoms with Crippen LogP contribution in [0.2, 0.25) is 0 Å². The Labute approximate surface area is 124 Å². The molecule has 1 aromatic heterocycles. The molecule has 3 rings (SSSR count). The molecule has 0 aliphatic carbocycles. The van der Waals surface area contributed by atoms with Crippen LogP contribution in [0.25, 0.3) is 5.69 Å². The topological polar surface area (TPSA) is 29.9 Å². The van der Waals surface area contributed by atoms with E-state index in [1.165, 1.54) is 28.3 Å². The number of anilines is 1. The molecule has 0 atom stereocenters. The molecule has 0 amide bonds. The Morgan fingerprint density at radius 2 is 2.15 bits per heavy atom. The summed E-state index contributed by atoms with van der Waals surface area (Å²) in [6.07, 6.45) is 3.23. The Hall–Kier alpha value is -1.42. The molecule has 0 radical (unpaired) electrons. The van der Waals surface area contributed by atoms with Gasteiger partial charge in [-0.2, -0.15) is 16.9 Å². The molecule has 0 fully saturated rings. The van der Waals surface area contributed by atoms with E-state index in [1.807, 2.05) is 11.8 Å². The zero-order valence-corrected chi connectivity index (χ0v) is 13.1. The van der Waals surface area contributed by atoms with Gasteiger partial charge in [0.05, 0.1) is 11.4 Å². The van der Waals surface area contributed by atoms with E-state index >= 15 is 0 Å². The maximum atomic E-state index is 4.87. The first-order chi connectivity index (χ1) is 9.72. The van der Waals surface area contributed by atoms with E-state index in [0.717, 1.165) is 18.7 Å². The van der Waals surface area contributed by atoms with E-state index in [2.05, 4.69) is 54.4 Å². The Morgan fingerprint density at radius 1 is 1.35 bits per heavy atom. The van der Waals surface area contributed by atoms with Crippen molar-refractivity contribution in [3.05, 3.63) is 41.1 Å². The number of aromatic nitrogens is 2. The average Bonchev–Trinajstić information content (AvgIpc) is 3.03. The van der Waals surface area contributed by atoms with Gasteiger partial charge < -0.3 is 5.32 Å². The first-order valence-electron chi connectivity index (χ1n) is 7.15. The predicted molar refractivity (Wildman–Crippen MR) is 87.1 cm³/mol. The summed E-state index contributed by atoms with van der Waals surface area (Å²) in [6, 6.07) is 8.58. The lowest BCUT2D eigenvalue weighted by atomic mass is 10.0. The fraction of sp³-hybridized carbons (Fsp3) is 0.438. The van der Waals surface area contributed by atoms with Crippen molar-refractivity contribution in [2.75, 3.05) is 18.1 Å². The molecule has 1 aromatic carbocycles. The molecule has 20 heavy (non-hydrogen) atoms. The molecule has 4 heteroatoms. The average molecular weight is 287 g/mol. The summed E-state index contributed by atoms with van der Waals surface area (Å²) in [5.41, 5.74) is 5.19. The molecule has 3 nitrogen and oxygen atoms in total. The Kier molecular flexibility index (Phi) is 3.74. The number of thioether (sulfide) groups is 1. The number of fused-ring (bicyclic) bond motifs is 1. The van der Waals surface area contributed by atoms with Crippen molar-refractivity contribution in [2.45, 2.75) is 31.9 Å². The summed E-state index contributed by atoms with van der Waals surface area (Å²) in [5.74, 6) is 2.68. The third kappa shape index (κ3) is 2.22. The van der Waals surface area contributed by atoms with Gasteiger partial charge in [-0.25, -0.2) is 4.68 Å². The summed E-state index contributed by atoms with van der Waals surface area (Å²) in [5, 5.41) is 8.37. The van der Waals surface area contributed by atoms with Gasteiger partial charge in [0.25, 0.3) is 0 Å². The van der Waals surface area contributed by atoms with Crippen molar-refractivity contribution >= 4 is 17.6 Å². The fourth-order valence-corrected chi connectivity index (χ4v) is 3.35. The maximum absolute atomic E-state index is 4.87. The normalized spacial score (nSPS) is 13.6. The molecule has 1 aliphatic rings. The molecule has 0 spiro atoms. The molecule has 0 unspecified atom stereocenters. The summed E-state index contributed by atoms with van der Waals surface area (Å²) >= 11 is 1.84. The van der Waals surface area contributed by atoms with Gasteiger partial charge in [0.2, 0.25) is 0 Å². The van der Waals surface area contributed by atoms with Gasteiger partial charge >= 0.3 is 0 Å². The molecule has 0 saturated carbocycles. The lowest BCUT2D eigenvalue weighted by molar-refractivity contribution is 0.800. The van der Waals surface area contributed by atoms with Crippen molar-refractivity contribution in [1.29, 1.82) is 0 Å². The minimum Gasteiger partial charge on any atom is -0.369 e. The minimum absolute atomic E-state index is 0.497. The van der Waals surface area contributed by atoms with Crippen molar-refractivity contribution < 1.29 is 0 Å². The third-order valence-corrected chi connectivity index (χ3v) is 4.36. The van der Waals surface area contributed by atoms with Gasteiger partial charge in [-0.15, -0.1) is 0 Å². The minimum atomic E-state index is 0.497. The predicted octanol–water partition coefficient (Wildman–Crippen LogP) is 3.83. The number of hydrogen-bond donors (Lipinski definition) is 1. The van der Waals surface area contributed by atoms with Gasteiger partial charge in [0.1, 0.15) is 5.82 Å². The quantitative estimate of drug-likeness (QED) is 0.927. The van der Waals surface area contributed by atoms with Crippen molar-refractivity contribution in [1.82, 2.24) is 9.78 Å². The highest BCUT2D eigenvalue weighted by molar-refractivity contribution is 7.97. The van der Waals surface area contributed by atoms with Gasteiger partial charge in [-0.05, 0) is 30.2 Å². The fourth-order valence-electron chi connectivity index (χ4n) is 2.84. The highest BCUT2D eigenvalue weighted by atomic mass is 32.2. The lowest BCUT2D eigenvalue weighted by Gasteiger charge is -2.14. The van der Waals surface area contributed by atoms with Gasteiger partial charge in [0, 0.05) is 17.9 Å². The highest BCUT2D eigenvalue weighted by Crippen LogP contribution is 2.32. The Bertz CT molecular complexity index is 616. The monoisotopic (exact) mass is 287 g/mol. The summed E-state index contributed by atoms with van der Waals surface area (Å²) in [6.45, 7) is 5.50. The van der Waals surface area contributed by atoms with Crippen LogP contribution < -0.4 is 5.32 Å². The van der Waals surface area contributed by atoms with Crippen molar-refractivity contribution in [3.63, 3.8) is 0 Å². The second kappa shape index (κ2) is 5.52. The van der Waals surface area contributed by atoms with Crippen LogP contribution in [0.3, 0.4) is 0 Å². The van der Waals surface area contributed by atoms with Crippen molar-refractivity contribution in [2.24, 2.45) is 0 Å². The van der Waals surface area contributed by atoms with Crippen LogP contribution in [0.5, 0.6) is 0 Å². The zero-order valence-electron chi connectivity index (χ0n) is 12.3. The number of para-hydroxylation sites is 1. The zero-order chi connectivity index (χ0) is 14.1. The lowest BCUT2D eigenvalue weighted by Crippen LogP contribution is -2.07. The first-order valence-corrected chi connectivity index (χ1v) is 8.54. The second-order valence-electron chi connectivity index (χ2n) is 5.51. The molecule has 0 bridgehead atoms. The maximum Gasteiger partial charge on any atom is 0.133 e. The van der Waals surface area contributed by atoms with Crippen LogP contribution in [-0.2, 0) is 12.2 Å². The van der Waals surface area contributed by atoms with Crippen LogP contribution in [0.15, 0.2) is 24.3 Å². The molecule has 106 valence electrons. The van der Waals surface area contributed by atoms with Crippen LogP contribution >= 0.6 is 11.8 Å². The van der Waals surface area contributed by atoms with Crippen LogP contribution in [0.4, 0.5) is 5.82 Å². The Balaban J connectivity index is 2.14. The van der Waals surface area contributed by atoms with Gasteiger partial charge in [0.15, 0.2) is 0 Å². The van der Waals surface area contributed by atoms with E-state index in [9.17, 15) is 0 Å². The Morgan fingerprint density at radius 3 is 2.90 bits per heavy atom. The van der Waals surface area contributed by atoms with E-state index in [4.69, 9.17) is 5.10 Å². The molecular formula is C16H21N3S. The second-order valence-corrected chi connectivity index (χ2v) is 6.37. The third-order valence-electron chi connectivity index (χ3n) is 3.80. The number of rotatable bonds is 4. The summed E-state index contributed by atoms with van der Waals surface area (Å²) < 4.78 is 2.11. The molecule has 1 N–H and O–H groups in total. The molecule has 1 aliphatic heterocycles. The van der Waals surface area contributed by atoms with Gasteiger partial charge in [-0.1, -0.05) is 32.0 Å². The highest BCUT2D eigenvalue weighted by Gasteiger charge is 2.23. The smallest absolute Gasteiger partial charge is 0.133 e. The van der Waals surface area contributed by atoms with Gasteiger partial charge in [-0.3, -0.25) is 0 Å². The number of hydrogen-bond acceptors (Lipinski definition) is 3. The number of nitrogens with one attached hydrogen (secondary N) is 1. The standard InChI is InChI=1S/C16H21N3S/c1-11(2)12-6-4-5-7-15(12)19-16-13(8-9-17-16)14(18-19)10-20-3/h4-7,11,17H,8-10H2,1-3H3. The largest absolute Gasteiger partial charge is 0.369 e. The molecule has 0 saturated heterocycles. The number of benzene rings is 1. The molecule has 2 heterocycles. The number of nitrogens with zero attached hydrogens (tertiary/aromatic N) is 2. The van der Waals surface area contributed by atoms with E-state index in [0.29, 0.717) is 5.92 Å². The summed E-state index contributed by atoms with van der Waals surface area (Å²) in [4.78, 5) is 0.